The van der Waals surface area contributed by atoms with E-state index in [4.69, 9.17) is 8.37 Å². The fourth-order valence-electron chi connectivity index (χ4n) is 5.53. The van der Waals surface area contributed by atoms with E-state index in [-0.39, 0.29) is 21.3 Å². The fraction of sp³-hybridized carbons (Fsp3) is 0. The molecule has 0 aliphatic carbocycles. The monoisotopic (exact) mass is 742 g/mol. The summed E-state index contributed by atoms with van der Waals surface area (Å²) >= 11 is -2.13. The van der Waals surface area contributed by atoms with Gasteiger partial charge in [-0.3, -0.25) is 0 Å². The Hall–Kier alpha value is -6.70. The van der Waals surface area contributed by atoms with E-state index in [0.717, 1.165) is 21.5 Å². The molecule has 0 aliphatic heterocycles. The molecular formula is C40H30N4O7S2. The van der Waals surface area contributed by atoms with Crippen LogP contribution in [0.1, 0.15) is 0 Å². The van der Waals surface area contributed by atoms with Gasteiger partial charge >= 0.3 is 22.2 Å². The van der Waals surface area contributed by atoms with Crippen molar-refractivity contribution in [1.82, 2.24) is 0 Å². The first-order valence-electron chi connectivity index (χ1n) is 16.2. The summed E-state index contributed by atoms with van der Waals surface area (Å²) in [5.74, 6) is 0.120. The maximum atomic E-state index is 13.3. The number of carbonyl (C=O) groups is 2. The van der Waals surface area contributed by atoms with E-state index in [1.54, 1.807) is 36.4 Å². The molecule has 7 rings (SSSR count). The van der Waals surface area contributed by atoms with Crippen LogP contribution in [-0.2, 0) is 21.2 Å². The molecule has 1 unspecified atom stereocenters. The van der Waals surface area contributed by atoms with E-state index in [1.165, 1.54) is 48.5 Å². The molecule has 0 spiro atoms. The third-order valence-corrected chi connectivity index (χ3v) is 10.1. The predicted molar refractivity (Wildman–Crippen MR) is 207 cm³/mol. The zero-order valence-corrected chi connectivity index (χ0v) is 29.3. The maximum absolute atomic E-state index is 13.3. The summed E-state index contributed by atoms with van der Waals surface area (Å²) in [6, 6.07) is 43.0. The molecule has 264 valence electrons. The summed E-state index contributed by atoms with van der Waals surface area (Å²) in [4.78, 5) is 25.4. The Kier molecular flexibility index (Phi) is 10.0. The van der Waals surface area contributed by atoms with Gasteiger partial charge in [-0.15, -0.1) is 0 Å². The summed E-state index contributed by atoms with van der Waals surface area (Å²) in [6.45, 7) is 0. The largest absolute Gasteiger partial charge is 0.397 e. The minimum absolute atomic E-state index is 0.0514. The van der Waals surface area contributed by atoms with Gasteiger partial charge in [0.1, 0.15) is 16.4 Å². The van der Waals surface area contributed by atoms with Crippen molar-refractivity contribution >= 4 is 77.6 Å². The highest BCUT2D eigenvalue weighted by Crippen LogP contribution is 2.27. The fourth-order valence-corrected chi connectivity index (χ4v) is 7.37. The van der Waals surface area contributed by atoms with Crippen molar-refractivity contribution < 1.29 is 30.6 Å². The molecule has 7 aromatic rings. The Morgan fingerprint density at radius 2 is 1.00 bits per heavy atom. The number of nitrogens with one attached hydrogen (secondary N) is 4. The number of amides is 4. The van der Waals surface area contributed by atoms with Crippen molar-refractivity contribution in [3.05, 3.63) is 158 Å². The van der Waals surface area contributed by atoms with Gasteiger partial charge in [0.25, 0.3) is 0 Å². The van der Waals surface area contributed by atoms with E-state index >= 15 is 0 Å². The zero-order chi connectivity index (χ0) is 36.8. The van der Waals surface area contributed by atoms with Gasteiger partial charge in [-0.05, 0) is 65.4 Å². The Bertz CT molecular complexity index is 2620. The van der Waals surface area contributed by atoms with Crippen LogP contribution in [0, 0.1) is 0 Å². The molecule has 0 aromatic heterocycles. The average molecular weight is 743 g/mol. The number of hydrogen-bond donors (Lipinski definition) is 4. The van der Waals surface area contributed by atoms with E-state index < -0.39 is 33.3 Å². The predicted octanol–water partition coefficient (Wildman–Crippen LogP) is 9.15. The highest BCUT2D eigenvalue weighted by molar-refractivity contribution is 7.87. The smallest absolute Gasteiger partial charge is 0.339 e. The molecule has 4 amide bonds. The van der Waals surface area contributed by atoms with E-state index in [9.17, 15) is 22.2 Å². The summed E-state index contributed by atoms with van der Waals surface area (Å²) in [6.07, 6.45) is 0. The van der Waals surface area contributed by atoms with Crippen LogP contribution in [0.15, 0.2) is 168 Å². The second-order valence-electron chi connectivity index (χ2n) is 11.6. The van der Waals surface area contributed by atoms with Gasteiger partial charge in [0.05, 0.1) is 16.3 Å². The minimum Gasteiger partial charge on any atom is -0.397 e. The van der Waals surface area contributed by atoms with Crippen LogP contribution in [0.2, 0.25) is 0 Å². The molecule has 13 heteroatoms. The Morgan fingerprint density at radius 3 is 1.60 bits per heavy atom. The summed E-state index contributed by atoms with van der Waals surface area (Å²) in [5, 5.41) is 14.8. The number of hydrogen-bond acceptors (Lipinski definition) is 7. The molecule has 0 saturated heterocycles. The molecule has 0 fully saturated rings. The number of anilines is 4. The van der Waals surface area contributed by atoms with Crippen molar-refractivity contribution in [2.24, 2.45) is 0 Å². The molecule has 7 aromatic carbocycles. The first kappa shape index (κ1) is 34.7. The zero-order valence-electron chi connectivity index (χ0n) is 27.7. The first-order chi connectivity index (χ1) is 25.7. The van der Waals surface area contributed by atoms with Gasteiger partial charge in [0.15, 0.2) is 0 Å². The van der Waals surface area contributed by atoms with Gasteiger partial charge in [-0.1, -0.05) is 91.0 Å². The van der Waals surface area contributed by atoms with Crippen LogP contribution in [0.5, 0.6) is 11.5 Å². The number of rotatable bonds is 10. The summed E-state index contributed by atoms with van der Waals surface area (Å²) in [7, 11) is -4.39. The van der Waals surface area contributed by atoms with Crippen molar-refractivity contribution in [1.29, 1.82) is 0 Å². The lowest BCUT2D eigenvalue weighted by atomic mass is 10.1. The van der Waals surface area contributed by atoms with Crippen LogP contribution in [0.25, 0.3) is 21.5 Å². The van der Waals surface area contributed by atoms with Gasteiger partial charge in [0, 0.05) is 34.3 Å². The Morgan fingerprint density at radius 1 is 0.509 bits per heavy atom. The molecule has 4 N–H and O–H groups in total. The van der Waals surface area contributed by atoms with Crippen LogP contribution < -0.4 is 29.6 Å². The number of carbonyl (C=O) groups excluding carboxylic acids is 2. The van der Waals surface area contributed by atoms with Gasteiger partial charge < -0.3 is 29.6 Å². The van der Waals surface area contributed by atoms with Crippen molar-refractivity contribution in [3.8, 4) is 11.5 Å². The van der Waals surface area contributed by atoms with Gasteiger partial charge in [-0.2, -0.15) is 8.42 Å². The van der Waals surface area contributed by atoms with Crippen LogP contribution in [0.4, 0.5) is 32.3 Å². The minimum atomic E-state index is -4.39. The van der Waals surface area contributed by atoms with Crippen molar-refractivity contribution in [2.45, 2.75) is 9.79 Å². The van der Waals surface area contributed by atoms with E-state index in [0.29, 0.717) is 22.7 Å². The Labute approximate surface area is 307 Å². The van der Waals surface area contributed by atoms with Crippen LogP contribution >= 0.6 is 0 Å². The molecule has 11 nitrogen and oxygen atoms in total. The number of fused-ring (bicyclic) bond motifs is 2. The number of urea groups is 2. The quantitative estimate of drug-likeness (QED) is 0.102. The lowest BCUT2D eigenvalue weighted by Gasteiger charge is -2.12. The lowest BCUT2D eigenvalue weighted by molar-refractivity contribution is 0.261. The van der Waals surface area contributed by atoms with Crippen molar-refractivity contribution in [2.75, 3.05) is 21.3 Å². The maximum Gasteiger partial charge on any atom is 0.339 e. The highest BCUT2D eigenvalue weighted by atomic mass is 32.2. The SMILES string of the molecule is O=C(Nc1cccc(OS(=O)c2cccc(S(=O)(=O)Oc3cccc(NC(=O)Nc4cccc5ccccc45)c3)c2)c1)Nc1cccc2ccccc12. The van der Waals surface area contributed by atoms with Gasteiger partial charge in [0.2, 0.25) is 11.1 Å². The molecule has 0 radical (unpaired) electrons. The topological polar surface area (TPSA) is 152 Å². The molecule has 0 saturated carbocycles. The standard InChI is InChI=1S/C40H30N4O7S2/c45-39(43-37-22-5-12-27-10-1-3-20-35(27)37)41-29-14-7-16-31(24-29)50-52(47)33-18-9-19-34(26-33)53(48,49)51-32-17-8-15-30(25-32)42-40(46)44-38-23-6-13-28-11-2-4-21-36(28)38/h1-26H,(H2,41,43,45)(H2,42,44,46). The Balaban J connectivity index is 0.979. The summed E-state index contributed by atoms with van der Waals surface area (Å²) < 4.78 is 50.8. The van der Waals surface area contributed by atoms with E-state index in [1.807, 2.05) is 72.8 Å². The molecule has 1 atom stereocenters. The number of benzene rings is 7. The van der Waals surface area contributed by atoms with Crippen LogP contribution in [-0.4, -0.2) is 24.7 Å². The van der Waals surface area contributed by atoms with Crippen molar-refractivity contribution in [3.63, 3.8) is 0 Å². The molecule has 0 aliphatic rings. The molecule has 53 heavy (non-hydrogen) atoms. The highest BCUT2D eigenvalue weighted by Gasteiger charge is 2.20. The second kappa shape index (κ2) is 15.3. The third-order valence-electron chi connectivity index (χ3n) is 7.92. The average Bonchev–Trinajstić information content (AvgIpc) is 3.15. The lowest BCUT2D eigenvalue weighted by Crippen LogP contribution is -2.19. The normalized spacial score (nSPS) is 11.7. The molecule has 0 heterocycles. The molecular weight excluding hydrogens is 713 g/mol. The molecule has 0 bridgehead atoms. The van der Waals surface area contributed by atoms with Gasteiger partial charge in [-0.25, -0.2) is 13.8 Å². The first-order valence-corrected chi connectivity index (χ1v) is 18.6. The third kappa shape index (κ3) is 8.44. The van der Waals surface area contributed by atoms with E-state index in [2.05, 4.69) is 21.3 Å². The van der Waals surface area contributed by atoms with Crippen LogP contribution in [0.3, 0.4) is 0 Å². The summed E-state index contributed by atoms with van der Waals surface area (Å²) in [5.41, 5.74) is 1.92. The second-order valence-corrected chi connectivity index (χ2v) is 14.3.